The van der Waals surface area contributed by atoms with Crippen LogP contribution >= 0.6 is 11.3 Å². The molecule has 0 saturated heterocycles. The molecule has 0 radical (unpaired) electrons. The van der Waals surface area contributed by atoms with E-state index in [9.17, 15) is 14.7 Å². The zero-order valence-corrected chi connectivity index (χ0v) is 13.4. The molecule has 0 saturated carbocycles. The van der Waals surface area contributed by atoms with Gasteiger partial charge in [0, 0.05) is 17.0 Å². The van der Waals surface area contributed by atoms with Crippen molar-refractivity contribution in [1.82, 2.24) is 0 Å². The van der Waals surface area contributed by atoms with Gasteiger partial charge in [-0.25, -0.2) is 0 Å². The molecule has 1 heterocycles. The molecule has 1 amide bonds. The Hall–Kier alpha value is -2.14. The van der Waals surface area contributed by atoms with E-state index in [1.54, 1.807) is 49.4 Å². The summed E-state index contributed by atoms with van der Waals surface area (Å²) in [4.78, 5) is 24.3. The van der Waals surface area contributed by atoms with E-state index in [-0.39, 0.29) is 5.91 Å². The van der Waals surface area contributed by atoms with Gasteiger partial charge in [-0.1, -0.05) is 18.2 Å². The number of aliphatic carboxylic acids is 1. The number of aryl methyl sites for hydroxylation is 1. The van der Waals surface area contributed by atoms with Gasteiger partial charge in [-0.05, 0) is 49.4 Å². The average Bonchev–Trinajstić information content (AvgIpc) is 2.99. The average molecular weight is 317 g/mol. The summed E-state index contributed by atoms with van der Waals surface area (Å²) in [5.41, 5.74) is 0.444. The molecule has 4 nitrogen and oxygen atoms in total. The molecule has 2 rings (SSSR count). The number of carbonyl (C=O) groups is 2. The second-order valence-corrected chi connectivity index (χ2v) is 6.67. The van der Waals surface area contributed by atoms with Crippen molar-refractivity contribution >= 4 is 28.9 Å². The Kier molecular flexibility index (Phi) is 4.98. The normalized spacial score (nSPS) is 11.2. The summed E-state index contributed by atoms with van der Waals surface area (Å²) in [6.07, 6.45) is 1.16. The highest BCUT2D eigenvalue weighted by atomic mass is 32.1. The minimum absolute atomic E-state index is 0.0429. The fraction of sp³-hybridized carbons (Fsp3) is 0.294. The third-order valence-electron chi connectivity index (χ3n) is 3.60. The van der Waals surface area contributed by atoms with Crippen molar-refractivity contribution in [2.75, 3.05) is 5.32 Å². The maximum absolute atomic E-state index is 11.9. The molecular weight excluding hydrogens is 298 g/mol. The number of anilines is 1. The summed E-state index contributed by atoms with van der Waals surface area (Å²) in [5.74, 6) is -0.918. The topological polar surface area (TPSA) is 66.4 Å². The molecule has 5 heteroatoms. The zero-order chi connectivity index (χ0) is 16.2. The number of nitrogens with one attached hydrogen (secondary N) is 1. The first-order valence-electron chi connectivity index (χ1n) is 7.06. The number of rotatable bonds is 6. The molecule has 2 aromatic rings. The molecule has 116 valence electrons. The largest absolute Gasteiger partial charge is 0.481 e. The Morgan fingerprint density at radius 3 is 2.41 bits per heavy atom. The first kappa shape index (κ1) is 16.2. The van der Waals surface area contributed by atoms with Gasteiger partial charge in [0.25, 0.3) is 0 Å². The molecule has 0 aliphatic rings. The molecule has 1 aromatic heterocycles. The van der Waals surface area contributed by atoms with Crippen LogP contribution in [0.5, 0.6) is 0 Å². The highest BCUT2D eigenvalue weighted by Crippen LogP contribution is 2.24. The predicted molar refractivity (Wildman–Crippen MR) is 88.4 cm³/mol. The van der Waals surface area contributed by atoms with Gasteiger partial charge in [0.1, 0.15) is 0 Å². The number of benzene rings is 1. The molecule has 2 N–H and O–H groups in total. The third kappa shape index (κ3) is 3.95. The van der Waals surface area contributed by atoms with Crippen molar-refractivity contribution in [3.8, 4) is 0 Å². The Morgan fingerprint density at radius 2 is 1.86 bits per heavy atom. The number of carbonyl (C=O) groups excluding carboxylic acids is 1. The van der Waals surface area contributed by atoms with Gasteiger partial charge in [0.15, 0.2) is 0 Å². The van der Waals surface area contributed by atoms with Crippen LogP contribution in [0.2, 0.25) is 0 Å². The van der Waals surface area contributed by atoms with E-state index in [0.717, 1.165) is 6.42 Å². The molecule has 0 atom stereocenters. The monoisotopic (exact) mass is 317 g/mol. The first-order valence-corrected chi connectivity index (χ1v) is 7.94. The van der Waals surface area contributed by atoms with Crippen LogP contribution < -0.4 is 5.32 Å². The molecular formula is C17H19NO3S. The lowest BCUT2D eigenvalue weighted by atomic mass is 9.85. The van der Waals surface area contributed by atoms with Crippen molar-refractivity contribution in [2.24, 2.45) is 0 Å². The molecule has 0 unspecified atom stereocenters. The van der Waals surface area contributed by atoms with Crippen LogP contribution in [0.1, 0.15) is 30.7 Å². The van der Waals surface area contributed by atoms with E-state index >= 15 is 0 Å². The molecule has 22 heavy (non-hydrogen) atoms. The summed E-state index contributed by atoms with van der Waals surface area (Å²) in [5, 5.41) is 14.0. The standard InChI is InChI=1S/C17H19NO3S/c1-17(2,16(20)21)12-5-7-13(8-6-12)18-15(19)10-9-14-4-3-11-22-14/h3-8,11H,9-10H2,1-2H3,(H,18,19)(H,20,21). The highest BCUT2D eigenvalue weighted by molar-refractivity contribution is 7.09. The minimum atomic E-state index is -0.943. The van der Waals surface area contributed by atoms with Gasteiger partial charge < -0.3 is 10.4 Å². The maximum atomic E-state index is 11.9. The van der Waals surface area contributed by atoms with Gasteiger partial charge >= 0.3 is 5.97 Å². The Labute approximate surface area is 133 Å². The molecule has 1 aromatic carbocycles. The van der Waals surface area contributed by atoms with E-state index in [4.69, 9.17) is 0 Å². The summed E-state index contributed by atoms with van der Waals surface area (Å²) in [6, 6.07) is 10.9. The van der Waals surface area contributed by atoms with Gasteiger partial charge in [0.05, 0.1) is 5.41 Å². The van der Waals surface area contributed by atoms with Crippen LogP contribution in [-0.2, 0) is 21.4 Å². The SMILES string of the molecule is CC(C)(C(=O)O)c1ccc(NC(=O)CCc2cccs2)cc1. The van der Waals surface area contributed by atoms with Crippen molar-refractivity contribution in [3.63, 3.8) is 0 Å². The lowest BCUT2D eigenvalue weighted by Gasteiger charge is -2.19. The van der Waals surface area contributed by atoms with E-state index in [1.165, 1.54) is 4.88 Å². The lowest BCUT2D eigenvalue weighted by molar-refractivity contribution is -0.142. The van der Waals surface area contributed by atoms with Crippen LogP contribution in [0.3, 0.4) is 0 Å². The van der Waals surface area contributed by atoms with Crippen LogP contribution in [0.15, 0.2) is 41.8 Å². The number of amides is 1. The van der Waals surface area contributed by atoms with Gasteiger partial charge in [0.2, 0.25) is 5.91 Å². The van der Waals surface area contributed by atoms with E-state index in [0.29, 0.717) is 17.7 Å². The van der Waals surface area contributed by atoms with Crippen LogP contribution in [0.25, 0.3) is 0 Å². The van der Waals surface area contributed by atoms with Crippen LogP contribution in [0.4, 0.5) is 5.69 Å². The van der Waals surface area contributed by atoms with Crippen molar-refractivity contribution in [2.45, 2.75) is 32.1 Å². The maximum Gasteiger partial charge on any atom is 0.313 e. The Balaban J connectivity index is 1.93. The second kappa shape index (κ2) is 6.75. The van der Waals surface area contributed by atoms with Crippen molar-refractivity contribution in [3.05, 3.63) is 52.2 Å². The Bertz CT molecular complexity index is 645. The van der Waals surface area contributed by atoms with Crippen LogP contribution in [-0.4, -0.2) is 17.0 Å². The van der Waals surface area contributed by atoms with Gasteiger partial charge in [-0.2, -0.15) is 0 Å². The summed E-state index contributed by atoms with van der Waals surface area (Å²) >= 11 is 1.64. The van der Waals surface area contributed by atoms with Gasteiger partial charge in [-0.3, -0.25) is 9.59 Å². The van der Waals surface area contributed by atoms with E-state index in [1.807, 2.05) is 17.5 Å². The quantitative estimate of drug-likeness (QED) is 0.854. The summed E-state index contributed by atoms with van der Waals surface area (Å²) in [7, 11) is 0. The molecule has 0 spiro atoms. The number of hydrogen-bond donors (Lipinski definition) is 2. The van der Waals surface area contributed by atoms with E-state index in [2.05, 4.69) is 5.32 Å². The fourth-order valence-electron chi connectivity index (χ4n) is 2.01. The predicted octanol–water partition coefficient (Wildman–Crippen LogP) is 3.68. The number of carboxylic acids is 1. The van der Waals surface area contributed by atoms with Gasteiger partial charge in [-0.15, -0.1) is 11.3 Å². The molecule has 0 aliphatic heterocycles. The minimum Gasteiger partial charge on any atom is -0.481 e. The van der Waals surface area contributed by atoms with Crippen molar-refractivity contribution in [1.29, 1.82) is 0 Å². The molecule has 0 fully saturated rings. The summed E-state index contributed by atoms with van der Waals surface area (Å²) in [6.45, 7) is 3.31. The number of thiophene rings is 1. The second-order valence-electron chi connectivity index (χ2n) is 5.64. The third-order valence-corrected chi connectivity index (χ3v) is 4.54. The highest BCUT2D eigenvalue weighted by Gasteiger charge is 2.29. The molecule has 0 aliphatic carbocycles. The molecule has 0 bridgehead atoms. The first-order chi connectivity index (χ1) is 10.4. The van der Waals surface area contributed by atoms with Crippen molar-refractivity contribution < 1.29 is 14.7 Å². The zero-order valence-electron chi connectivity index (χ0n) is 12.6. The lowest BCUT2D eigenvalue weighted by Crippen LogP contribution is -2.28. The summed E-state index contributed by atoms with van der Waals surface area (Å²) < 4.78 is 0. The Morgan fingerprint density at radius 1 is 1.18 bits per heavy atom. The smallest absolute Gasteiger partial charge is 0.313 e. The number of hydrogen-bond acceptors (Lipinski definition) is 3. The van der Waals surface area contributed by atoms with E-state index < -0.39 is 11.4 Å². The van der Waals surface area contributed by atoms with Crippen LogP contribution in [0, 0.1) is 0 Å². The fourth-order valence-corrected chi connectivity index (χ4v) is 2.72. The number of carboxylic acid groups (broad SMARTS) is 1.